The third-order valence-electron chi connectivity index (χ3n) is 4.41. The molecule has 0 aromatic heterocycles. The fraction of sp³-hybridized carbons (Fsp3) is 0.263. The van der Waals surface area contributed by atoms with Crippen LogP contribution in [0, 0.1) is 17.5 Å². The van der Waals surface area contributed by atoms with Gasteiger partial charge >= 0.3 is 5.97 Å². The maximum absolute atomic E-state index is 13.6. The molecule has 0 atom stereocenters. The Morgan fingerprint density at radius 1 is 1.09 bits per heavy atom. The van der Waals surface area contributed by atoms with Crippen LogP contribution in [0.1, 0.15) is 10.4 Å². The first kappa shape index (κ1) is 24.0. The monoisotopic (exact) mass is 492 g/mol. The largest absolute Gasteiger partial charge is 0.452 e. The molecule has 1 fully saturated rings. The second-order valence-electron chi connectivity index (χ2n) is 6.51. The molecule has 0 spiro atoms. The molecule has 0 unspecified atom stereocenters. The Hall–Kier alpha value is -2.67. The number of nitrogens with one attached hydrogen (secondary N) is 1. The van der Waals surface area contributed by atoms with Crippen molar-refractivity contribution in [2.45, 2.75) is 4.90 Å². The third-order valence-corrected chi connectivity index (χ3v) is 6.63. The van der Waals surface area contributed by atoms with Gasteiger partial charge in [-0.25, -0.2) is 26.4 Å². The van der Waals surface area contributed by atoms with Gasteiger partial charge in [0.1, 0.15) is 0 Å². The Morgan fingerprint density at radius 3 is 2.47 bits per heavy atom. The molecule has 2 aromatic rings. The normalized spacial score (nSPS) is 14.8. The number of benzene rings is 2. The summed E-state index contributed by atoms with van der Waals surface area (Å²) in [6.45, 7) is -0.171. The molecule has 1 heterocycles. The van der Waals surface area contributed by atoms with E-state index in [1.165, 1.54) is 16.4 Å². The molecule has 13 heteroatoms. The minimum Gasteiger partial charge on any atom is -0.452 e. The lowest BCUT2D eigenvalue weighted by atomic mass is 10.2. The minimum atomic E-state index is -3.92. The molecule has 32 heavy (non-hydrogen) atoms. The van der Waals surface area contributed by atoms with Crippen LogP contribution in [0.3, 0.4) is 0 Å². The van der Waals surface area contributed by atoms with Gasteiger partial charge in [0.2, 0.25) is 10.0 Å². The first-order valence-corrected chi connectivity index (χ1v) is 10.9. The third kappa shape index (κ3) is 5.21. The second kappa shape index (κ2) is 9.86. The van der Waals surface area contributed by atoms with Crippen molar-refractivity contribution in [2.75, 3.05) is 38.2 Å². The number of hydrogen-bond acceptors (Lipinski definition) is 6. The van der Waals surface area contributed by atoms with Crippen molar-refractivity contribution in [3.63, 3.8) is 0 Å². The predicted molar refractivity (Wildman–Crippen MR) is 106 cm³/mol. The standard InChI is InChI=1S/C19H16ClF3N2O6S/c20-13-2-1-11(32(28,29)25-5-7-30-8-6-25)9-12(13)19(27)31-10-16(26)24-15-4-3-14(21)17(22)18(15)23/h1-4,9H,5-8,10H2,(H,24,26). The number of ether oxygens (including phenoxy) is 2. The molecular weight excluding hydrogens is 477 g/mol. The highest BCUT2D eigenvalue weighted by molar-refractivity contribution is 7.89. The Balaban J connectivity index is 1.69. The van der Waals surface area contributed by atoms with Gasteiger partial charge in [-0.3, -0.25) is 4.79 Å². The maximum Gasteiger partial charge on any atom is 0.340 e. The van der Waals surface area contributed by atoms with Crippen LogP contribution in [-0.4, -0.2) is 57.5 Å². The summed E-state index contributed by atoms with van der Waals surface area (Å²) >= 11 is 5.97. The highest BCUT2D eigenvalue weighted by atomic mass is 35.5. The van der Waals surface area contributed by atoms with Gasteiger partial charge in [0, 0.05) is 13.1 Å². The lowest BCUT2D eigenvalue weighted by molar-refractivity contribution is -0.119. The zero-order chi connectivity index (χ0) is 23.5. The second-order valence-corrected chi connectivity index (χ2v) is 8.85. The summed E-state index contributed by atoms with van der Waals surface area (Å²) in [6.07, 6.45) is 0. The first-order valence-electron chi connectivity index (χ1n) is 9.09. The summed E-state index contributed by atoms with van der Waals surface area (Å²) in [7, 11) is -3.92. The van der Waals surface area contributed by atoms with E-state index in [0.717, 1.165) is 12.1 Å². The SMILES string of the molecule is O=C(COC(=O)c1cc(S(=O)(=O)N2CCOCC2)ccc1Cl)Nc1ccc(F)c(F)c1F. The quantitative estimate of drug-likeness (QED) is 0.491. The van der Waals surface area contributed by atoms with Crippen LogP contribution in [0.5, 0.6) is 0 Å². The fourth-order valence-electron chi connectivity index (χ4n) is 2.77. The van der Waals surface area contributed by atoms with Crippen molar-refractivity contribution in [3.05, 3.63) is 58.4 Å². The Labute approximate surface area is 185 Å². The van der Waals surface area contributed by atoms with E-state index < -0.39 is 51.6 Å². The Morgan fingerprint density at radius 2 is 1.78 bits per heavy atom. The van der Waals surface area contributed by atoms with E-state index >= 15 is 0 Å². The Kier molecular flexibility index (Phi) is 7.39. The van der Waals surface area contributed by atoms with Crippen LogP contribution >= 0.6 is 11.6 Å². The van der Waals surface area contributed by atoms with Crippen LogP contribution in [0.25, 0.3) is 0 Å². The summed E-state index contributed by atoms with van der Waals surface area (Å²) in [5.41, 5.74) is -0.964. The molecule has 0 radical (unpaired) electrons. The zero-order valence-electron chi connectivity index (χ0n) is 16.2. The van der Waals surface area contributed by atoms with Crippen molar-refractivity contribution in [3.8, 4) is 0 Å². The van der Waals surface area contributed by atoms with E-state index in [1.54, 1.807) is 0 Å². The van der Waals surface area contributed by atoms with Gasteiger partial charge in [-0.1, -0.05) is 11.6 Å². The van der Waals surface area contributed by atoms with Crippen LogP contribution in [0.2, 0.25) is 5.02 Å². The number of amides is 1. The van der Waals surface area contributed by atoms with Crippen molar-refractivity contribution < 1.29 is 40.7 Å². The van der Waals surface area contributed by atoms with E-state index in [1.807, 2.05) is 5.32 Å². The lowest BCUT2D eigenvalue weighted by Gasteiger charge is -2.26. The van der Waals surface area contributed by atoms with E-state index in [9.17, 15) is 31.2 Å². The van der Waals surface area contributed by atoms with Crippen molar-refractivity contribution in [2.24, 2.45) is 0 Å². The number of nitrogens with zero attached hydrogens (tertiary/aromatic N) is 1. The molecule has 1 amide bonds. The van der Waals surface area contributed by atoms with Crippen LogP contribution in [0.4, 0.5) is 18.9 Å². The number of halogens is 4. The molecule has 0 saturated carbocycles. The average Bonchev–Trinajstić information content (AvgIpc) is 2.78. The highest BCUT2D eigenvalue weighted by Gasteiger charge is 2.28. The number of carbonyl (C=O) groups is 2. The molecule has 172 valence electrons. The van der Waals surface area contributed by atoms with Crippen molar-refractivity contribution in [1.29, 1.82) is 0 Å². The van der Waals surface area contributed by atoms with Gasteiger partial charge in [-0.15, -0.1) is 0 Å². The summed E-state index contributed by atoms with van der Waals surface area (Å²) in [5, 5.41) is 1.81. The smallest absolute Gasteiger partial charge is 0.340 e. The minimum absolute atomic E-state index is 0.122. The topological polar surface area (TPSA) is 102 Å². The van der Waals surface area contributed by atoms with E-state index in [2.05, 4.69) is 0 Å². The van der Waals surface area contributed by atoms with Gasteiger partial charge in [-0.2, -0.15) is 4.31 Å². The molecule has 1 aliphatic rings. The van der Waals surface area contributed by atoms with Gasteiger partial charge in [-0.05, 0) is 30.3 Å². The average molecular weight is 493 g/mol. The number of carbonyl (C=O) groups excluding carboxylic acids is 2. The van der Waals surface area contributed by atoms with Crippen LogP contribution in [-0.2, 0) is 24.3 Å². The molecule has 2 aromatic carbocycles. The predicted octanol–water partition coefficient (Wildman–Crippen LogP) is 2.57. The number of hydrogen-bond donors (Lipinski definition) is 1. The number of sulfonamides is 1. The molecular formula is C19H16ClF3N2O6S. The number of esters is 1. The Bertz CT molecular complexity index is 1160. The molecule has 3 rings (SSSR count). The summed E-state index contributed by atoms with van der Waals surface area (Å²) in [6, 6.07) is 4.84. The van der Waals surface area contributed by atoms with E-state index in [0.29, 0.717) is 6.07 Å². The molecule has 0 bridgehead atoms. The first-order chi connectivity index (χ1) is 15.1. The number of anilines is 1. The maximum atomic E-state index is 13.6. The highest BCUT2D eigenvalue weighted by Crippen LogP contribution is 2.24. The van der Waals surface area contributed by atoms with Gasteiger partial charge in [0.05, 0.1) is 34.4 Å². The molecule has 1 saturated heterocycles. The van der Waals surface area contributed by atoms with Gasteiger partial charge in [0.25, 0.3) is 5.91 Å². The number of morpholine rings is 1. The fourth-order valence-corrected chi connectivity index (χ4v) is 4.40. The summed E-state index contributed by atoms with van der Waals surface area (Å²) in [4.78, 5) is 24.0. The van der Waals surface area contributed by atoms with Gasteiger partial charge in [0.15, 0.2) is 24.1 Å². The van der Waals surface area contributed by atoms with Crippen molar-refractivity contribution in [1.82, 2.24) is 4.31 Å². The molecule has 0 aliphatic carbocycles. The zero-order valence-corrected chi connectivity index (χ0v) is 17.8. The van der Waals surface area contributed by atoms with Crippen LogP contribution in [0.15, 0.2) is 35.2 Å². The lowest BCUT2D eigenvalue weighted by Crippen LogP contribution is -2.40. The van der Waals surface area contributed by atoms with Gasteiger partial charge < -0.3 is 14.8 Å². The van der Waals surface area contributed by atoms with Crippen molar-refractivity contribution >= 4 is 39.2 Å². The molecule has 8 nitrogen and oxygen atoms in total. The van der Waals surface area contributed by atoms with E-state index in [-0.39, 0.29) is 41.8 Å². The molecule has 1 N–H and O–H groups in total. The summed E-state index contributed by atoms with van der Waals surface area (Å²) < 4.78 is 76.4. The number of rotatable bonds is 6. The molecule has 1 aliphatic heterocycles. The summed E-state index contributed by atoms with van der Waals surface area (Å²) in [5.74, 6) is -6.99. The van der Waals surface area contributed by atoms with E-state index in [4.69, 9.17) is 21.1 Å². The van der Waals surface area contributed by atoms with Crippen LogP contribution < -0.4 is 5.32 Å².